The summed E-state index contributed by atoms with van der Waals surface area (Å²) in [6, 6.07) is 24.3. The fourth-order valence-electron chi connectivity index (χ4n) is 3.33. The van der Waals surface area contributed by atoms with Crippen LogP contribution in [-0.4, -0.2) is 37.9 Å². The van der Waals surface area contributed by atoms with Gasteiger partial charge in [-0.25, -0.2) is 0 Å². The van der Waals surface area contributed by atoms with Crippen LogP contribution >= 0.6 is 23.1 Å². The monoisotopic (exact) mass is 448 g/mol. The minimum absolute atomic E-state index is 0.0702. The second-order valence-corrected chi connectivity index (χ2v) is 9.55. The Morgan fingerprint density at radius 1 is 1.00 bits per heavy atom. The van der Waals surface area contributed by atoms with Gasteiger partial charge in [0.05, 0.1) is 16.7 Å². The zero-order valence-electron chi connectivity index (χ0n) is 17.5. The third kappa shape index (κ3) is 5.24. The van der Waals surface area contributed by atoms with E-state index in [0.29, 0.717) is 13.1 Å². The number of carbonyl (C=O) groups excluding carboxylic acids is 1. The summed E-state index contributed by atoms with van der Waals surface area (Å²) in [7, 11) is 1.85. The molecule has 0 fully saturated rings. The zero-order chi connectivity index (χ0) is 21.6. The lowest BCUT2D eigenvalue weighted by Gasteiger charge is -2.21. The van der Waals surface area contributed by atoms with Crippen LogP contribution in [0.1, 0.15) is 18.1 Å². The van der Waals surface area contributed by atoms with Crippen molar-refractivity contribution in [3.63, 3.8) is 0 Å². The summed E-state index contributed by atoms with van der Waals surface area (Å²) in [6.45, 7) is 3.17. The van der Waals surface area contributed by atoms with Crippen molar-refractivity contribution in [2.24, 2.45) is 0 Å². The molecule has 2 aromatic carbocycles. The number of aromatic nitrogens is 3. The van der Waals surface area contributed by atoms with E-state index in [0.717, 1.165) is 21.4 Å². The van der Waals surface area contributed by atoms with E-state index in [1.54, 1.807) is 16.2 Å². The predicted octanol–water partition coefficient (Wildman–Crippen LogP) is 5.19. The molecule has 5 nitrogen and oxygen atoms in total. The second kappa shape index (κ2) is 9.94. The van der Waals surface area contributed by atoms with Gasteiger partial charge in [0, 0.05) is 13.6 Å². The third-order valence-corrected chi connectivity index (χ3v) is 6.84. The van der Waals surface area contributed by atoms with Gasteiger partial charge in [-0.15, -0.1) is 21.5 Å². The summed E-state index contributed by atoms with van der Waals surface area (Å²) in [5.74, 6) is 0.902. The molecule has 0 aliphatic rings. The zero-order valence-corrected chi connectivity index (χ0v) is 19.1. The average Bonchev–Trinajstić information content (AvgIpc) is 3.45. The minimum atomic E-state index is -0.274. The lowest BCUT2D eigenvalue weighted by Crippen LogP contribution is -2.33. The lowest BCUT2D eigenvalue weighted by atomic mass is 10.2. The molecule has 0 radical (unpaired) electrons. The van der Waals surface area contributed by atoms with E-state index >= 15 is 0 Å². The maximum atomic E-state index is 13.0. The standard InChI is InChI=1S/C24H24N4OS2/c1-18(23(29)27(2)16-19-10-5-3-6-11-19)31-24-26-25-22(21-14-9-15-30-21)28(24)17-20-12-7-4-8-13-20/h3-15,18H,16-17H2,1-2H3. The van der Waals surface area contributed by atoms with E-state index in [1.807, 2.05) is 80.0 Å². The number of rotatable bonds is 8. The Bertz CT molecular complexity index is 1110. The van der Waals surface area contributed by atoms with Gasteiger partial charge in [0.1, 0.15) is 0 Å². The van der Waals surface area contributed by atoms with E-state index in [2.05, 4.69) is 26.9 Å². The van der Waals surface area contributed by atoms with Gasteiger partial charge in [0.15, 0.2) is 11.0 Å². The van der Waals surface area contributed by atoms with Crippen LogP contribution in [0.15, 0.2) is 83.3 Å². The molecule has 0 spiro atoms. The maximum absolute atomic E-state index is 13.0. The molecule has 2 heterocycles. The first-order chi connectivity index (χ1) is 15.1. The SMILES string of the molecule is CC(Sc1nnc(-c2cccs2)n1Cc1ccccc1)C(=O)N(C)Cc1ccccc1. The van der Waals surface area contributed by atoms with Gasteiger partial charge in [0.25, 0.3) is 0 Å². The summed E-state index contributed by atoms with van der Waals surface area (Å²) < 4.78 is 2.10. The summed E-state index contributed by atoms with van der Waals surface area (Å²) in [5.41, 5.74) is 2.28. The molecule has 0 bridgehead atoms. The molecule has 1 atom stereocenters. The number of thioether (sulfide) groups is 1. The molecule has 7 heteroatoms. The Labute approximate surface area is 190 Å². The molecule has 4 aromatic rings. The Morgan fingerprint density at radius 3 is 2.32 bits per heavy atom. The Hall–Kier alpha value is -2.90. The molecule has 0 saturated carbocycles. The van der Waals surface area contributed by atoms with Crippen LogP contribution in [0, 0.1) is 0 Å². The van der Waals surface area contributed by atoms with E-state index in [-0.39, 0.29) is 11.2 Å². The second-order valence-electron chi connectivity index (χ2n) is 7.30. The first-order valence-corrected chi connectivity index (χ1v) is 11.8. The van der Waals surface area contributed by atoms with Crippen LogP contribution < -0.4 is 0 Å². The number of hydrogen-bond acceptors (Lipinski definition) is 5. The molecule has 2 aromatic heterocycles. The van der Waals surface area contributed by atoms with Gasteiger partial charge < -0.3 is 4.90 Å². The number of benzene rings is 2. The van der Waals surface area contributed by atoms with Crippen LogP contribution in [0.5, 0.6) is 0 Å². The van der Waals surface area contributed by atoms with Crippen molar-refractivity contribution < 1.29 is 4.79 Å². The summed E-state index contributed by atoms with van der Waals surface area (Å²) in [6.07, 6.45) is 0. The number of amides is 1. The van der Waals surface area contributed by atoms with Gasteiger partial charge in [-0.2, -0.15) is 0 Å². The molecule has 0 aliphatic carbocycles. The predicted molar refractivity (Wildman–Crippen MR) is 127 cm³/mol. The topological polar surface area (TPSA) is 51.0 Å². The molecule has 0 N–H and O–H groups in total. The van der Waals surface area contributed by atoms with Crippen LogP contribution in [0.2, 0.25) is 0 Å². The van der Waals surface area contributed by atoms with Crippen molar-refractivity contribution in [2.75, 3.05) is 7.05 Å². The van der Waals surface area contributed by atoms with Crippen LogP contribution in [0.3, 0.4) is 0 Å². The van der Waals surface area contributed by atoms with E-state index in [4.69, 9.17) is 0 Å². The minimum Gasteiger partial charge on any atom is -0.340 e. The van der Waals surface area contributed by atoms with Crippen molar-refractivity contribution in [2.45, 2.75) is 30.4 Å². The van der Waals surface area contributed by atoms with Gasteiger partial charge in [-0.1, -0.05) is 78.5 Å². The smallest absolute Gasteiger partial charge is 0.235 e. The molecular weight excluding hydrogens is 424 g/mol. The number of nitrogens with zero attached hydrogens (tertiary/aromatic N) is 4. The maximum Gasteiger partial charge on any atom is 0.235 e. The van der Waals surface area contributed by atoms with Crippen molar-refractivity contribution in [1.29, 1.82) is 0 Å². The lowest BCUT2D eigenvalue weighted by molar-refractivity contribution is -0.129. The Kier molecular flexibility index (Phi) is 6.84. The van der Waals surface area contributed by atoms with Crippen LogP contribution in [0.25, 0.3) is 10.7 Å². The molecule has 31 heavy (non-hydrogen) atoms. The van der Waals surface area contributed by atoms with Gasteiger partial charge in [-0.05, 0) is 29.5 Å². The molecule has 158 valence electrons. The molecule has 0 saturated heterocycles. The summed E-state index contributed by atoms with van der Waals surface area (Å²) >= 11 is 3.09. The quantitative estimate of drug-likeness (QED) is 0.348. The fourth-order valence-corrected chi connectivity index (χ4v) is 5.01. The highest BCUT2D eigenvalue weighted by Crippen LogP contribution is 2.30. The number of thiophene rings is 1. The van der Waals surface area contributed by atoms with Gasteiger partial charge in [-0.3, -0.25) is 9.36 Å². The summed E-state index contributed by atoms with van der Waals surface area (Å²) in [5, 5.41) is 11.4. The fraction of sp³-hybridized carbons (Fsp3) is 0.208. The number of carbonyl (C=O) groups is 1. The third-order valence-electron chi connectivity index (χ3n) is 4.91. The van der Waals surface area contributed by atoms with Gasteiger partial charge in [0.2, 0.25) is 5.91 Å². The van der Waals surface area contributed by atoms with E-state index < -0.39 is 0 Å². The van der Waals surface area contributed by atoms with E-state index in [9.17, 15) is 4.79 Å². The molecule has 0 aliphatic heterocycles. The van der Waals surface area contributed by atoms with Crippen molar-refractivity contribution in [3.05, 3.63) is 89.3 Å². The molecule has 1 unspecified atom stereocenters. The normalized spacial score (nSPS) is 11.9. The molecule has 4 rings (SSSR count). The Balaban J connectivity index is 1.53. The average molecular weight is 449 g/mol. The number of hydrogen-bond donors (Lipinski definition) is 0. The van der Waals surface area contributed by atoms with Crippen LogP contribution in [0.4, 0.5) is 0 Å². The summed E-state index contributed by atoms with van der Waals surface area (Å²) in [4.78, 5) is 15.8. The van der Waals surface area contributed by atoms with Gasteiger partial charge >= 0.3 is 0 Å². The van der Waals surface area contributed by atoms with Crippen molar-refractivity contribution in [1.82, 2.24) is 19.7 Å². The highest BCUT2D eigenvalue weighted by Gasteiger charge is 2.23. The first kappa shape index (κ1) is 21.3. The molecule has 1 amide bonds. The largest absolute Gasteiger partial charge is 0.340 e. The van der Waals surface area contributed by atoms with E-state index in [1.165, 1.54) is 17.3 Å². The van der Waals surface area contributed by atoms with Crippen molar-refractivity contribution >= 4 is 29.0 Å². The highest BCUT2D eigenvalue weighted by atomic mass is 32.2. The first-order valence-electron chi connectivity index (χ1n) is 10.1. The van der Waals surface area contributed by atoms with Crippen molar-refractivity contribution in [3.8, 4) is 10.7 Å². The highest BCUT2D eigenvalue weighted by molar-refractivity contribution is 8.00. The molecular formula is C24H24N4OS2. The van der Waals surface area contributed by atoms with Crippen LogP contribution in [-0.2, 0) is 17.9 Å². The Morgan fingerprint density at radius 2 is 1.68 bits per heavy atom.